The molecule has 3 aromatic rings. The van der Waals surface area contributed by atoms with Gasteiger partial charge in [0.15, 0.2) is 0 Å². The molecule has 0 fully saturated rings. The number of amides is 2. The summed E-state index contributed by atoms with van der Waals surface area (Å²) in [4.78, 5) is 17.2. The number of rotatable bonds is 5. The van der Waals surface area contributed by atoms with Crippen LogP contribution in [-0.2, 0) is 0 Å². The second kappa shape index (κ2) is 7.76. The van der Waals surface area contributed by atoms with Crippen molar-refractivity contribution in [2.45, 2.75) is 19.9 Å². The third-order valence-electron chi connectivity index (χ3n) is 3.20. The Morgan fingerprint density at radius 2 is 2.00 bits per heavy atom. The first-order chi connectivity index (χ1) is 12.1. The van der Waals surface area contributed by atoms with Crippen LogP contribution in [0.5, 0.6) is 0 Å². The Hall–Kier alpha value is -2.93. The summed E-state index contributed by atoms with van der Waals surface area (Å²) >= 11 is 1.64. The lowest BCUT2D eigenvalue weighted by Gasteiger charge is -2.10. The smallest absolute Gasteiger partial charge is 0.319 e. The van der Waals surface area contributed by atoms with Gasteiger partial charge in [0.1, 0.15) is 0 Å². The van der Waals surface area contributed by atoms with Gasteiger partial charge in [-0.2, -0.15) is 4.98 Å². The average molecular weight is 354 g/mol. The minimum Gasteiger partial charge on any atom is -0.336 e. The summed E-state index contributed by atoms with van der Waals surface area (Å²) in [6.07, 6.45) is 3.72. The van der Waals surface area contributed by atoms with Crippen molar-refractivity contribution in [2.24, 2.45) is 0 Å². The highest BCUT2D eigenvalue weighted by Gasteiger charge is 2.08. The topological polar surface area (TPSA) is 80.0 Å². The number of benzene rings is 1. The van der Waals surface area contributed by atoms with E-state index in [1.54, 1.807) is 29.5 Å². The van der Waals surface area contributed by atoms with Gasteiger partial charge >= 0.3 is 6.03 Å². The molecule has 2 aromatic heterocycles. The first kappa shape index (κ1) is 16.9. The molecule has 3 rings (SSSR count). The molecule has 0 spiro atoms. The predicted molar refractivity (Wildman–Crippen MR) is 100 cm³/mol. The van der Waals surface area contributed by atoms with Gasteiger partial charge in [-0.05, 0) is 55.6 Å². The van der Waals surface area contributed by atoms with E-state index in [1.807, 2.05) is 49.6 Å². The summed E-state index contributed by atoms with van der Waals surface area (Å²) in [5, 5.41) is 11.5. The standard InChI is InChI=1S/C18H18N4O2S/c1-12(2)19-18(23)20-14-7-5-13(6-8-14)17-21-16(24-22-17)10-9-15-4-3-11-25-15/h3-12H,1-2H3,(H2,19,20,23)/b10-9+. The van der Waals surface area contributed by atoms with E-state index in [9.17, 15) is 4.79 Å². The molecule has 2 heterocycles. The molecule has 2 amide bonds. The molecule has 7 heteroatoms. The van der Waals surface area contributed by atoms with Crippen LogP contribution in [0.15, 0.2) is 46.3 Å². The van der Waals surface area contributed by atoms with E-state index in [1.165, 1.54) is 0 Å². The number of hydrogen-bond acceptors (Lipinski definition) is 5. The Bertz CT molecular complexity index is 852. The monoisotopic (exact) mass is 354 g/mol. The van der Waals surface area contributed by atoms with Gasteiger partial charge in [-0.15, -0.1) is 11.3 Å². The number of thiophene rings is 1. The molecule has 25 heavy (non-hydrogen) atoms. The van der Waals surface area contributed by atoms with Crippen LogP contribution < -0.4 is 10.6 Å². The fourth-order valence-corrected chi connectivity index (χ4v) is 2.71. The van der Waals surface area contributed by atoms with Crippen molar-refractivity contribution in [3.63, 3.8) is 0 Å². The molecule has 0 aliphatic rings. The summed E-state index contributed by atoms with van der Waals surface area (Å²) in [6, 6.07) is 11.1. The number of anilines is 1. The largest absolute Gasteiger partial charge is 0.336 e. The van der Waals surface area contributed by atoms with Gasteiger partial charge in [-0.3, -0.25) is 0 Å². The molecule has 128 valence electrons. The highest BCUT2D eigenvalue weighted by atomic mass is 32.1. The minimum atomic E-state index is -0.233. The second-order valence-corrected chi connectivity index (χ2v) is 6.61. The van der Waals surface area contributed by atoms with Gasteiger partial charge in [-0.1, -0.05) is 11.2 Å². The van der Waals surface area contributed by atoms with Gasteiger partial charge in [0.05, 0.1) is 0 Å². The van der Waals surface area contributed by atoms with Crippen LogP contribution in [0, 0.1) is 0 Å². The lowest BCUT2D eigenvalue weighted by molar-refractivity contribution is 0.250. The molecule has 0 saturated heterocycles. The number of urea groups is 1. The zero-order chi connectivity index (χ0) is 17.6. The van der Waals surface area contributed by atoms with Crippen molar-refractivity contribution in [3.8, 4) is 11.4 Å². The molecular weight excluding hydrogens is 336 g/mol. The van der Waals surface area contributed by atoms with Gasteiger partial charge in [0.25, 0.3) is 5.89 Å². The summed E-state index contributed by atoms with van der Waals surface area (Å²) in [5.74, 6) is 0.950. The van der Waals surface area contributed by atoms with Crippen LogP contribution in [-0.4, -0.2) is 22.2 Å². The Morgan fingerprint density at radius 3 is 2.68 bits per heavy atom. The van der Waals surface area contributed by atoms with Crippen molar-refractivity contribution in [1.29, 1.82) is 0 Å². The zero-order valence-corrected chi connectivity index (χ0v) is 14.7. The van der Waals surface area contributed by atoms with E-state index in [4.69, 9.17) is 4.52 Å². The fourth-order valence-electron chi connectivity index (χ4n) is 2.09. The van der Waals surface area contributed by atoms with Crippen LogP contribution in [0.2, 0.25) is 0 Å². The molecule has 0 aliphatic carbocycles. The molecule has 0 unspecified atom stereocenters. The average Bonchev–Trinajstić information content (AvgIpc) is 3.24. The third-order valence-corrected chi connectivity index (χ3v) is 4.03. The maximum atomic E-state index is 11.7. The molecule has 0 bridgehead atoms. The maximum Gasteiger partial charge on any atom is 0.319 e. The van der Waals surface area contributed by atoms with E-state index in [2.05, 4.69) is 20.8 Å². The summed E-state index contributed by atoms with van der Waals surface area (Å²) in [6.45, 7) is 3.81. The predicted octanol–water partition coefficient (Wildman–Crippen LogP) is 4.50. The number of carbonyl (C=O) groups excluding carboxylic acids is 1. The molecule has 1 aromatic carbocycles. The van der Waals surface area contributed by atoms with Crippen molar-refractivity contribution < 1.29 is 9.32 Å². The molecule has 0 atom stereocenters. The van der Waals surface area contributed by atoms with Crippen LogP contribution in [0.25, 0.3) is 23.5 Å². The van der Waals surface area contributed by atoms with Crippen molar-refractivity contribution in [2.75, 3.05) is 5.32 Å². The molecule has 0 radical (unpaired) electrons. The Labute approximate surface area is 149 Å². The summed E-state index contributed by atoms with van der Waals surface area (Å²) < 4.78 is 5.23. The number of aromatic nitrogens is 2. The van der Waals surface area contributed by atoms with Crippen molar-refractivity contribution >= 4 is 35.2 Å². The highest BCUT2D eigenvalue weighted by Crippen LogP contribution is 2.20. The SMILES string of the molecule is CC(C)NC(=O)Nc1ccc(-c2noc(/C=C/c3cccs3)n2)cc1. The number of hydrogen-bond donors (Lipinski definition) is 2. The van der Waals surface area contributed by atoms with Gasteiger partial charge in [0.2, 0.25) is 5.82 Å². The van der Waals surface area contributed by atoms with E-state index in [0.717, 1.165) is 10.4 Å². The normalized spacial score (nSPS) is 11.2. The first-order valence-electron chi connectivity index (χ1n) is 7.83. The van der Waals surface area contributed by atoms with E-state index in [0.29, 0.717) is 17.4 Å². The maximum absolute atomic E-state index is 11.7. The summed E-state index contributed by atoms with van der Waals surface area (Å²) in [5.41, 5.74) is 1.51. The van der Waals surface area contributed by atoms with Crippen LogP contribution in [0.3, 0.4) is 0 Å². The lowest BCUT2D eigenvalue weighted by Crippen LogP contribution is -2.34. The fraction of sp³-hybridized carbons (Fsp3) is 0.167. The highest BCUT2D eigenvalue weighted by molar-refractivity contribution is 7.10. The second-order valence-electron chi connectivity index (χ2n) is 5.64. The van der Waals surface area contributed by atoms with Gasteiger partial charge in [0, 0.05) is 28.2 Å². The van der Waals surface area contributed by atoms with E-state index >= 15 is 0 Å². The van der Waals surface area contributed by atoms with E-state index < -0.39 is 0 Å². The molecular formula is C18H18N4O2S. The molecule has 0 saturated carbocycles. The minimum absolute atomic E-state index is 0.0826. The van der Waals surface area contributed by atoms with Crippen LogP contribution >= 0.6 is 11.3 Å². The Kier molecular flexibility index (Phi) is 5.25. The van der Waals surface area contributed by atoms with Crippen LogP contribution in [0.1, 0.15) is 24.6 Å². The van der Waals surface area contributed by atoms with E-state index in [-0.39, 0.29) is 12.1 Å². The summed E-state index contributed by atoms with van der Waals surface area (Å²) in [7, 11) is 0. The third kappa shape index (κ3) is 4.77. The van der Waals surface area contributed by atoms with Crippen molar-refractivity contribution in [3.05, 3.63) is 52.5 Å². The quantitative estimate of drug-likeness (QED) is 0.707. The number of carbonyl (C=O) groups is 1. The number of nitrogens with one attached hydrogen (secondary N) is 2. The van der Waals surface area contributed by atoms with Gasteiger partial charge in [-0.25, -0.2) is 4.79 Å². The Balaban J connectivity index is 1.65. The van der Waals surface area contributed by atoms with Crippen molar-refractivity contribution in [1.82, 2.24) is 15.5 Å². The van der Waals surface area contributed by atoms with Gasteiger partial charge < -0.3 is 15.2 Å². The first-order valence-corrected chi connectivity index (χ1v) is 8.71. The Morgan fingerprint density at radius 1 is 1.20 bits per heavy atom. The number of nitrogens with zero attached hydrogens (tertiary/aromatic N) is 2. The van der Waals surface area contributed by atoms with Crippen LogP contribution in [0.4, 0.5) is 10.5 Å². The molecule has 6 nitrogen and oxygen atoms in total. The molecule has 2 N–H and O–H groups in total. The lowest BCUT2D eigenvalue weighted by atomic mass is 10.2. The zero-order valence-electron chi connectivity index (χ0n) is 13.9. The molecule has 0 aliphatic heterocycles.